The molecule has 0 fully saturated rings. The van der Waals surface area contributed by atoms with Gasteiger partial charge in [0, 0.05) is 56.0 Å². The summed E-state index contributed by atoms with van der Waals surface area (Å²) in [6.45, 7) is 25.4. The molecule has 20 heteroatoms. The molecule has 4 amide bonds. The summed E-state index contributed by atoms with van der Waals surface area (Å²) in [5, 5.41) is 21.6. The molecule has 8 atom stereocenters. The van der Waals surface area contributed by atoms with Crippen molar-refractivity contribution in [2.45, 2.75) is 138 Å². The van der Waals surface area contributed by atoms with Crippen molar-refractivity contribution in [2.75, 3.05) is 120 Å². The van der Waals surface area contributed by atoms with E-state index in [1.54, 1.807) is 29.6 Å². The number of amides is 4. The van der Waals surface area contributed by atoms with Gasteiger partial charge in [-0.1, -0.05) is 87.3 Å². The van der Waals surface area contributed by atoms with Crippen LogP contribution >= 0.6 is 11.3 Å². The second kappa shape index (κ2) is 40.4. The van der Waals surface area contributed by atoms with Crippen LogP contribution in [0.5, 0.6) is 5.75 Å². The van der Waals surface area contributed by atoms with E-state index in [4.69, 9.17) is 43.9 Å². The van der Waals surface area contributed by atoms with Gasteiger partial charge in [0.05, 0.1) is 85.3 Å². The fourth-order valence-electron chi connectivity index (χ4n) is 8.63. The van der Waals surface area contributed by atoms with Gasteiger partial charge in [0.1, 0.15) is 28.6 Å². The van der Waals surface area contributed by atoms with Crippen molar-refractivity contribution < 1.29 is 57.4 Å². The molecule has 0 saturated heterocycles. The van der Waals surface area contributed by atoms with Crippen LogP contribution in [-0.4, -0.2) is 187 Å². The number of phenols is 1. The number of nitrogens with one attached hydrogen (secondary N) is 3. The van der Waals surface area contributed by atoms with Crippen LogP contribution in [0.15, 0.2) is 29.6 Å². The number of carbonyl (C=O) groups excluding carboxylic acids is 4. The van der Waals surface area contributed by atoms with Gasteiger partial charge in [-0.25, -0.2) is 4.98 Å². The maximum atomic E-state index is 14.9. The van der Waals surface area contributed by atoms with Crippen LogP contribution in [-0.2, 0) is 54.0 Å². The molecule has 76 heavy (non-hydrogen) atoms. The highest BCUT2D eigenvalue weighted by Crippen LogP contribution is 2.32. The molecule has 0 aliphatic heterocycles. The van der Waals surface area contributed by atoms with E-state index in [-0.39, 0.29) is 64.9 Å². The van der Waals surface area contributed by atoms with Gasteiger partial charge in [-0.15, -0.1) is 11.3 Å². The number of aromatic hydroxyl groups is 1. The zero-order valence-electron chi connectivity index (χ0n) is 48.1. The van der Waals surface area contributed by atoms with Gasteiger partial charge < -0.3 is 64.8 Å². The van der Waals surface area contributed by atoms with Crippen LogP contribution < -0.4 is 21.7 Å². The third-order valence-electron chi connectivity index (χ3n) is 13.2. The van der Waals surface area contributed by atoms with Gasteiger partial charge in [-0.05, 0) is 75.2 Å². The van der Waals surface area contributed by atoms with Gasteiger partial charge in [-0.3, -0.25) is 24.1 Å². The Morgan fingerprint density at radius 1 is 0.697 bits per heavy atom. The van der Waals surface area contributed by atoms with Crippen LogP contribution in [0.1, 0.15) is 128 Å². The maximum absolute atomic E-state index is 14.9. The fraction of sp³-hybridized carbons (Fsp3) is 0.768. The Hall–Kier alpha value is -3.83. The molecule has 0 radical (unpaired) electrons. The number of hydrogen-bond donors (Lipinski definition) is 5. The predicted molar refractivity (Wildman–Crippen MR) is 298 cm³/mol. The molecule has 0 spiro atoms. The number of nitrogens with zero attached hydrogens (tertiary/aromatic N) is 3. The topological polar surface area (TPSA) is 235 Å². The second-order valence-electron chi connectivity index (χ2n) is 20.1. The van der Waals surface area contributed by atoms with Gasteiger partial charge >= 0.3 is 0 Å². The largest absolute Gasteiger partial charge is 0.508 e. The molecule has 0 aliphatic rings. The molecule has 436 valence electrons. The summed E-state index contributed by atoms with van der Waals surface area (Å²) in [4.78, 5) is 64.9. The number of ether oxygens (including phenoxy) is 7. The van der Waals surface area contributed by atoms with Crippen LogP contribution in [0.25, 0.3) is 0 Å². The van der Waals surface area contributed by atoms with Gasteiger partial charge in [0.2, 0.25) is 17.7 Å². The molecule has 2 rings (SSSR count). The molecule has 6 N–H and O–H groups in total. The molecule has 19 nitrogen and oxygen atoms in total. The molecule has 1 aromatic heterocycles. The molecule has 2 aromatic rings. The van der Waals surface area contributed by atoms with Crippen LogP contribution in [0.3, 0.4) is 0 Å². The van der Waals surface area contributed by atoms with E-state index in [9.17, 15) is 24.3 Å². The Morgan fingerprint density at radius 3 is 1.75 bits per heavy atom. The van der Waals surface area contributed by atoms with Gasteiger partial charge in [-0.2, -0.15) is 0 Å². The van der Waals surface area contributed by atoms with Crippen LogP contribution in [0.2, 0.25) is 0 Å². The average Bonchev–Trinajstić information content (AvgIpc) is 3.90. The van der Waals surface area contributed by atoms with Crippen LogP contribution in [0.4, 0.5) is 0 Å². The lowest BCUT2D eigenvalue weighted by molar-refractivity contribution is -0.143. The smallest absolute Gasteiger partial charge is 0.270 e. The zero-order valence-corrected chi connectivity index (χ0v) is 48.9. The highest BCUT2D eigenvalue weighted by atomic mass is 32.1. The number of hydrogen-bond acceptors (Lipinski definition) is 16. The second-order valence-corrected chi connectivity index (χ2v) is 21.0. The van der Waals surface area contributed by atoms with E-state index in [2.05, 4.69) is 50.6 Å². The first-order valence-electron chi connectivity index (χ1n) is 27.9. The first-order chi connectivity index (χ1) is 36.5. The average molecular weight is 1090 g/mol. The standard InChI is InChI=1S/C56H99N7O12S/c1-12-22-63(56(68)50(41(7)14-3)61-54(67)51(62(10)11)42(8)15-4)48(40(5)6)38-49(75-23-13-2)55-60-47(39-76-55)53(66)59-45(37-44-16-18-46(64)19-17-44)36-43(9)52(65)58-21-25-70-27-29-72-31-33-74-35-34-73-32-30-71-28-26-69-24-20-57/h16-19,39-43,45,48-51,64H,12-15,20-38,57H2,1-11H3,(H,58,65)(H,59,66)(H,61,67)/t41-,42-,43-,45+,48+,49+,50-,51+/m0/s1. The number of aromatic nitrogens is 1. The van der Waals surface area contributed by atoms with Gasteiger partial charge in [0.25, 0.3) is 5.91 Å². The minimum Gasteiger partial charge on any atom is -0.508 e. The summed E-state index contributed by atoms with van der Waals surface area (Å²) >= 11 is 1.34. The Morgan fingerprint density at radius 2 is 1.25 bits per heavy atom. The lowest BCUT2D eigenvalue weighted by atomic mass is 9.91. The number of thiazole rings is 1. The third-order valence-corrected chi connectivity index (χ3v) is 14.2. The third kappa shape index (κ3) is 26.7. The van der Waals surface area contributed by atoms with Crippen molar-refractivity contribution in [1.29, 1.82) is 0 Å². The quantitative estimate of drug-likeness (QED) is 0.0478. The summed E-state index contributed by atoms with van der Waals surface area (Å²) in [5.41, 5.74) is 6.49. The summed E-state index contributed by atoms with van der Waals surface area (Å²) in [6.07, 6.45) is 3.71. The normalized spacial score (nSPS) is 14.9. The minimum absolute atomic E-state index is 0.0330. The van der Waals surface area contributed by atoms with E-state index in [0.29, 0.717) is 136 Å². The Bertz CT molecular complexity index is 1860. The number of likely N-dealkylation sites (N-methyl/N-ethyl adjacent to an activating group) is 1. The van der Waals surface area contributed by atoms with Crippen molar-refractivity contribution in [3.05, 3.63) is 45.9 Å². The van der Waals surface area contributed by atoms with E-state index in [1.165, 1.54) is 11.3 Å². The lowest BCUT2D eigenvalue weighted by Crippen LogP contribution is -2.59. The van der Waals surface area contributed by atoms with Gasteiger partial charge in [0.15, 0.2) is 0 Å². The summed E-state index contributed by atoms with van der Waals surface area (Å²) < 4.78 is 39.4. The Balaban J connectivity index is 2.06. The first kappa shape index (κ1) is 68.3. The van der Waals surface area contributed by atoms with Crippen molar-refractivity contribution in [1.82, 2.24) is 30.7 Å². The predicted octanol–water partition coefficient (Wildman–Crippen LogP) is 6.02. The van der Waals surface area contributed by atoms with E-state index in [0.717, 1.165) is 24.8 Å². The molecular weight excluding hydrogens is 995 g/mol. The monoisotopic (exact) mass is 1090 g/mol. The number of rotatable bonds is 45. The highest BCUT2D eigenvalue weighted by molar-refractivity contribution is 7.09. The molecule has 0 unspecified atom stereocenters. The maximum Gasteiger partial charge on any atom is 0.270 e. The van der Waals surface area contributed by atoms with Crippen LogP contribution in [0, 0.1) is 23.7 Å². The molecule has 0 aliphatic carbocycles. The SMILES string of the molecule is CCCO[C@H](C[C@H](C(C)C)N(CCC)C(=O)[C@@H](NC(=O)[C@@H]([C@@H](C)CC)N(C)C)[C@@H](C)CC)c1nc(C(=O)N[C@@H](Cc2ccc(O)cc2)C[C@H](C)C(=O)NCCOCCOCCOCCOCCOCCOCCN)cs1. The molecular formula is C56H99N7O12S. The first-order valence-corrected chi connectivity index (χ1v) is 28.8. The summed E-state index contributed by atoms with van der Waals surface area (Å²) in [6, 6.07) is 5.00. The summed E-state index contributed by atoms with van der Waals surface area (Å²) in [5.74, 6) is -1.10. The highest BCUT2D eigenvalue weighted by Gasteiger charge is 2.38. The molecule has 0 saturated carbocycles. The van der Waals surface area contributed by atoms with E-state index in [1.807, 2.05) is 51.6 Å². The number of carbonyl (C=O) groups is 4. The summed E-state index contributed by atoms with van der Waals surface area (Å²) in [7, 11) is 3.81. The van der Waals surface area contributed by atoms with E-state index >= 15 is 0 Å². The lowest BCUT2D eigenvalue weighted by Gasteiger charge is -2.40. The van der Waals surface area contributed by atoms with Crippen molar-refractivity contribution in [2.24, 2.45) is 29.4 Å². The fourth-order valence-corrected chi connectivity index (χ4v) is 9.49. The molecule has 0 bridgehead atoms. The van der Waals surface area contributed by atoms with Crippen molar-refractivity contribution in [3.8, 4) is 5.75 Å². The molecule has 1 aromatic carbocycles. The molecule has 1 heterocycles. The zero-order chi connectivity index (χ0) is 56.3. The minimum atomic E-state index is -0.707. The van der Waals surface area contributed by atoms with E-state index < -0.39 is 24.1 Å². The van der Waals surface area contributed by atoms with Crippen molar-refractivity contribution in [3.63, 3.8) is 0 Å². The van der Waals surface area contributed by atoms with Crippen molar-refractivity contribution >= 4 is 35.0 Å². The number of nitrogens with two attached hydrogens (primary N) is 1. The Kier molecular flexibility index (Phi) is 36.3. The Labute approximate surface area is 459 Å². The number of phenolic OH excluding ortho intramolecular Hbond substituents is 1. The number of benzene rings is 1.